The molecule has 0 aromatic carbocycles. The van der Waals surface area contributed by atoms with Gasteiger partial charge in [0, 0.05) is 19.0 Å². The van der Waals surface area contributed by atoms with Crippen LogP contribution in [0.3, 0.4) is 0 Å². The second-order valence-corrected chi connectivity index (χ2v) is 3.95. The molecule has 6 heteroatoms. The molecule has 1 amide bonds. The van der Waals surface area contributed by atoms with Crippen LogP contribution in [0.2, 0.25) is 0 Å². The number of anilines is 1. The molecule has 1 saturated heterocycles. The van der Waals surface area contributed by atoms with Gasteiger partial charge in [0.15, 0.2) is 0 Å². The van der Waals surface area contributed by atoms with Gasteiger partial charge < -0.3 is 15.5 Å². The summed E-state index contributed by atoms with van der Waals surface area (Å²) in [5, 5.41) is 2.91. The molecule has 17 heavy (non-hydrogen) atoms. The molecule has 2 rings (SSSR count). The Balaban J connectivity index is 2.03. The van der Waals surface area contributed by atoms with E-state index in [1.54, 1.807) is 12.3 Å². The van der Waals surface area contributed by atoms with E-state index in [2.05, 4.69) is 15.7 Å². The first-order chi connectivity index (χ1) is 8.31. The number of carbonyl (C=O) groups is 1. The maximum absolute atomic E-state index is 12.0. The van der Waals surface area contributed by atoms with Gasteiger partial charge in [0.2, 0.25) is 0 Å². The van der Waals surface area contributed by atoms with E-state index in [-0.39, 0.29) is 11.9 Å². The number of aromatic nitrogens is 1. The maximum atomic E-state index is 12.0. The average Bonchev–Trinajstić information content (AvgIpc) is 2.40. The Labute approximate surface area is 99.5 Å². The third-order valence-electron chi connectivity index (χ3n) is 2.72. The summed E-state index contributed by atoms with van der Waals surface area (Å²) in [7, 11) is 0. The zero-order valence-electron chi connectivity index (χ0n) is 9.48. The quantitative estimate of drug-likeness (QED) is 0.518. The Morgan fingerprint density at radius 2 is 2.47 bits per heavy atom. The molecule has 1 fully saturated rings. The summed E-state index contributed by atoms with van der Waals surface area (Å²) >= 11 is 0. The van der Waals surface area contributed by atoms with Crippen LogP contribution in [0, 0.1) is 0 Å². The Morgan fingerprint density at radius 1 is 1.59 bits per heavy atom. The van der Waals surface area contributed by atoms with Gasteiger partial charge >= 0.3 is 0 Å². The fourth-order valence-electron chi connectivity index (χ4n) is 1.82. The monoisotopic (exact) mass is 236 g/mol. The van der Waals surface area contributed by atoms with Crippen LogP contribution in [-0.4, -0.2) is 30.1 Å². The van der Waals surface area contributed by atoms with Crippen molar-refractivity contribution in [3.8, 4) is 0 Å². The highest BCUT2D eigenvalue weighted by atomic mass is 16.5. The predicted molar refractivity (Wildman–Crippen MR) is 63.4 cm³/mol. The number of ether oxygens (including phenoxy) is 1. The molecule has 0 bridgehead atoms. The number of hydrogen-bond acceptors (Lipinski definition) is 5. The highest BCUT2D eigenvalue weighted by Crippen LogP contribution is 2.13. The van der Waals surface area contributed by atoms with Gasteiger partial charge in [-0.1, -0.05) is 0 Å². The second-order valence-electron chi connectivity index (χ2n) is 3.95. The molecule has 1 atom stereocenters. The highest BCUT2D eigenvalue weighted by Gasteiger charge is 2.18. The summed E-state index contributed by atoms with van der Waals surface area (Å²) in [4.78, 5) is 15.9. The van der Waals surface area contributed by atoms with Crippen LogP contribution in [0.1, 0.15) is 23.2 Å². The van der Waals surface area contributed by atoms with Gasteiger partial charge in [-0.3, -0.25) is 15.6 Å². The number of nitrogen functional groups attached to an aromatic ring is 1. The van der Waals surface area contributed by atoms with Crippen LogP contribution in [0.4, 0.5) is 5.69 Å². The Bertz CT molecular complexity index is 391. The fourth-order valence-corrected chi connectivity index (χ4v) is 1.82. The lowest BCUT2D eigenvalue weighted by molar-refractivity contribution is 0.0624. The summed E-state index contributed by atoms with van der Waals surface area (Å²) < 4.78 is 5.30. The number of nitrogens with two attached hydrogens (primary N) is 1. The highest BCUT2D eigenvalue weighted by molar-refractivity contribution is 5.99. The van der Waals surface area contributed by atoms with Crippen LogP contribution in [0.25, 0.3) is 0 Å². The lowest BCUT2D eigenvalue weighted by atomic mass is 10.1. The van der Waals surface area contributed by atoms with E-state index in [0.717, 1.165) is 19.4 Å². The number of carbonyl (C=O) groups excluding carboxylic acids is 1. The lowest BCUT2D eigenvalue weighted by Gasteiger charge is -2.23. The molecule has 1 aliphatic rings. The first kappa shape index (κ1) is 11.8. The van der Waals surface area contributed by atoms with Crippen LogP contribution >= 0.6 is 0 Å². The number of hydrogen-bond donors (Lipinski definition) is 3. The van der Waals surface area contributed by atoms with Crippen molar-refractivity contribution in [2.24, 2.45) is 5.84 Å². The molecule has 2 heterocycles. The molecule has 92 valence electrons. The number of rotatable bonds is 3. The minimum absolute atomic E-state index is 0.0714. The van der Waals surface area contributed by atoms with Gasteiger partial charge in [0.05, 0.1) is 23.9 Å². The maximum Gasteiger partial charge on any atom is 0.255 e. The van der Waals surface area contributed by atoms with Crippen LogP contribution in [0.5, 0.6) is 0 Å². The van der Waals surface area contributed by atoms with Crippen LogP contribution in [-0.2, 0) is 4.74 Å². The summed E-state index contributed by atoms with van der Waals surface area (Å²) in [6.07, 6.45) is 4.99. The van der Waals surface area contributed by atoms with Gasteiger partial charge in [-0.2, -0.15) is 0 Å². The molecule has 6 nitrogen and oxygen atoms in total. The molecule has 1 aromatic rings. The Morgan fingerprint density at radius 3 is 3.18 bits per heavy atom. The number of pyridine rings is 1. The first-order valence-electron chi connectivity index (χ1n) is 5.60. The minimum Gasteiger partial charge on any atom is -0.379 e. The molecule has 0 radical (unpaired) electrons. The number of hydrazine groups is 1. The molecule has 0 aliphatic carbocycles. The van der Waals surface area contributed by atoms with Crippen molar-refractivity contribution in [1.29, 1.82) is 0 Å². The van der Waals surface area contributed by atoms with E-state index in [9.17, 15) is 4.79 Å². The molecular formula is C11H16N4O2. The first-order valence-corrected chi connectivity index (χ1v) is 5.60. The number of amides is 1. The van der Waals surface area contributed by atoms with Crippen molar-refractivity contribution in [2.75, 3.05) is 18.6 Å². The van der Waals surface area contributed by atoms with Crippen molar-refractivity contribution in [3.63, 3.8) is 0 Å². The Kier molecular flexibility index (Phi) is 3.89. The number of nitrogens with zero attached hydrogens (tertiary/aromatic N) is 1. The van der Waals surface area contributed by atoms with Gasteiger partial charge in [0.1, 0.15) is 0 Å². The van der Waals surface area contributed by atoms with E-state index in [4.69, 9.17) is 10.6 Å². The van der Waals surface area contributed by atoms with Crippen molar-refractivity contribution >= 4 is 11.6 Å². The van der Waals surface area contributed by atoms with Crippen LogP contribution < -0.4 is 16.6 Å². The summed E-state index contributed by atoms with van der Waals surface area (Å²) in [6, 6.07) is 1.73. The number of nitrogens with one attached hydrogen (secondary N) is 2. The summed E-state index contributed by atoms with van der Waals surface area (Å²) in [6.45, 7) is 1.34. The minimum atomic E-state index is -0.179. The summed E-state index contributed by atoms with van der Waals surface area (Å²) in [5.74, 6) is 5.16. The van der Waals surface area contributed by atoms with E-state index < -0.39 is 0 Å². The van der Waals surface area contributed by atoms with Crippen molar-refractivity contribution in [1.82, 2.24) is 10.3 Å². The average molecular weight is 236 g/mol. The van der Waals surface area contributed by atoms with Gasteiger partial charge in [-0.15, -0.1) is 0 Å². The zero-order chi connectivity index (χ0) is 12.1. The molecule has 0 spiro atoms. The lowest BCUT2D eigenvalue weighted by Crippen LogP contribution is -2.40. The topological polar surface area (TPSA) is 89.3 Å². The van der Waals surface area contributed by atoms with Crippen LogP contribution in [0.15, 0.2) is 18.5 Å². The van der Waals surface area contributed by atoms with Crippen molar-refractivity contribution in [3.05, 3.63) is 24.0 Å². The SMILES string of the molecule is NNc1ccncc1C(=O)NC1CCCOC1. The normalized spacial score (nSPS) is 19.7. The molecule has 0 saturated carbocycles. The second kappa shape index (κ2) is 5.60. The largest absolute Gasteiger partial charge is 0.379 e. The third-order valence-corrected chi connectivity index (χ3v) is 2.72. The molecule has 4 N–H and O–H groups in total. The van der Waals surface area contributed by atoms with E-state index in [1.165, 1.54) is 6.20 Å². The molecular weight excluding hydrogens is 220 g/mol. The Hall–Kier alpha value is -1.66. The van der Waals surface area contributed by atoms with Gasteiger partial charge in [-0.25, -0.2) is 0 Å². The van der Waals surface area contributed by atoms with E-state index >= 15 is 0 Å². The van der Waals surface area contributed by atoms with Gasteiger partial charge in [-0.05, 0) is 18.9 Å². The molecule has 1 aliphatic heterocycles. The van der Waals surface area contributed by atoms with Crippen molar-refractivity contribution in [2.45, 2.75) is 18.9 Å². The van der Waals surface area contributed by atoms with E-state index in [0.29, 0.717) is 17.9 Å². The summed E-state index contributed by atoms with van der Waals surface area (Å²) in [5.41, 5.74) is 3.49. The van der Waals surface area contributed by atoms with Crippen molar-refractivity contribution < 1.29 is 9.53 Å². The molecule has 1 unspecified atom stereocenters. The third kappa shape index (κ3) is 2.92. The zero-order valence-corrected chi connectivity index (χ0v) is 9.48. The smallest absolute Gasteiger partial charge is 0.255 e. The predicted octanol–water partition coefficient (Wildman–Crippen LogP) is 0.276. The van der Waals surface area contributed by atoms with Gasteiger partial charge in [0.25, 0.3) is 5.91 Å². The standard InChI is InChI=1S/C11H16N4O2/c12-15-10-3-4-13-6-9(10)11(16)14-8-2-1-5-17-7-8/h3-4,6,8H,1-2,5,7,12H2,(H,13,15)(H,14,16). The molecule has 1 aromatic heterocycles. The van der Waals surface area contributed by atoms with E-state index in [1.807, 2.05) is 0 Å². The fraction of sp³-hybridized carbons (Fsp3) is 0.455.